The number of amides is 3. The zero-order valence-corrected chi connectivity index (χ0v) is 18.4. The maximum atomic E-state index is 12.9. The van der Waals surface area contributed by atoms with E-state index in [1.807, 2.05) is 45.2 Å². The summed E-state index contributed by atoms with van der Waals surface area (Å²) in [5.41, 5.74) is 2.34. The third-order valence-electron chi connectivity index (χ3n) is 5.48. The van der Waals surface area contributed by atoms with Crippen LogP contribution in [0.15, 0.2) is 48.5 Å². The van der Waals surface area contributed by atoms with Crippen LogP contribution in [0.5, 0.6) is 0 Å². The van der Waals surface area contributed by atoms with E-state index in [9.17, 15) is 9.59 Å². The van der Waals surface area contributed by atoms with Crippen LogP contribution in [-0.2, 0) is 0 Å². The Morgan fingerprint density at radius 2 is 1.80 bits per heavy atom. The van der Waals surface area contributed by atoms with E-state index < -0.39 is 0 Å². The van der Waals surface area contributed by atoms with Crippen molar-refractivity contribution in [3.63, 3.8) is 0 Å². The highest BCUT2D eigenvalue weighted by molar-refractivity contribution is 6.30. The number of hydrogen-bond donors (Lipinski definition) is 2. The molecule has 0 aliphatic carbocycles. The number of benzene rings is 2. The van der Waals surface area contributed by atoms with Crippen molar-refractivity contribution >= 4 is 34.9 Å². The summed E-state index contributed by atoms with van der Waals surface area (Å²) in [5.74, 6) is 0.0294. The van der Waals surface area contributed by atoms with Crippen LogP contribution < -0.4 is 15.5 Å². The van der Waals surface area contributed by atoms with Gasteiger partial charge in [-0.2, -0.15) is 0 Å². The molecule has 160 valence electrons. The van der Waals surface area contributed by atoms with E-state index >= 15 is 0 Å². The Hall–Kier alpha value is -2.73. The molecule has 30 heavy (non-hydrogen) atoms. The lowest BCUT2D eigenvalue weighted by molar-refractivity contribution is 0.0755. The summed E-state index contributed by atoms with van der Waals surface area (Å²) >= 11 is 5.96. The van der Waals surface area contributed by atoms with Gasteiger partial charge in [0.25, 0.3) is 5.91 Å². The first-order chi connectivity index (χ1) is 14.3. The van der Waals surface area contributed by atoms with Crippen LogP contribution in [0.4, 0.5) is 16.2 Å². The van der Waals surface area contributed by atoms with Gasteiger partial charge in [0.05, 0.1) is 5.56 Å². The Labute approximate surface area is 183 Å². The van der Waals surface area contributed by atoms with Crippen LogP contribution in [0, 0.1) is 0 Å². The number of nitrogens with one attached hydrogen (secondary N) is 2. The van der Waals surface area contributed by atoms with Gasteiger partial charge in [-0.3, -0.25) is 4.79 Å². The van der Waals surface area contributed by atoms with E-state index in [1.54, 1.807) is 29.2 Å². The number of carbonyl (C=O) groups excluding carboxylic acids is 2. The molecule has 1 saturated heterocycles. The molecular weight excluding hydrogens is 400 g/mol. The Morgan fingerprint density at radius 3 is 2.47 bits per heavy atom. The molecule has 0 aromatic heterocycles. The molecule has 1 aliphatic heterocycles. The van der Waals surface area contributed by atoms with E-state index in [1.165, 1.54) is 0 Å². The first-order valence-corrected chi connectivity index (χ1v) is 10.7. The van der Waals surface area contributed by atoms with Gasteiger partial charge in [0.1, 0.15) is 0 Å². The predicted molar refractivity (Wildman–Crippen MR) is 123 cm³/mol. The first kappa shape index (κ1) is 22.0. The van der Waals surface area contributed by atoms with Crippen molar-refractivity contribution in [3.8, 4) is 0 Å². The zero-order valence-electron chi connectivity index (χ0n) is 17.7. The van der Waals surface area contributed by atoms with Gasteiger partial charge in [-0.1, -0.05) is 29.8 Å². The maximum absolute atomic E-state index is 12.9. The number of hydrogen-bond acceptors (Lipinski definition) is 3. The number of rotatable bonds is 5. The highest BCUT2D eigenvalue weighted by Gasteiger charge is 2.25. The Morgan fingerprint density at radius 1 is 1.10 bits per heavy atom. The number of anilines is 2. The highest BCUT2D eigenvalue weighted by atomic mass is 35.5. The third kappa shape index (κ3) is 5.45. The molecule has 0 atom stereocenters. The fraction of sp³-hybridized carbons (Fsp3) is 0.391. The van der Waals surface area contributed by atoms with Gasteiger partial charge >= 0.3 is 6.03 Å². The molecule has 2 aromatic carbocycles. The van der Waals surface area contributed by atoms with E-state index in [0.29, 0.717) is 10.7 Å². The van der Waals surface area contributed by atoms with Crippen LogP contribution in [0.1, 0.15) is 37.0 Å². The van der Waals surface area contributed by atoms with Crippen LogP contribution in [-0.4, -0.2) is 49.1 Å². The van der Waals surface area contributed by atoms with Crippen LogP contribution >= 0.6 is 11.6 Å². The fourth-order valence-electron chi connectivity index (χ4n) is 3.54. The monoisotopic (exact) mass is 428 g/mol. The molecule has 2 aromatic rings. The standard InChI is InChI=1S/C23H29ClN4O2/c1-16(2)27(3)22(29)20-9-4-5-10-21(20)28-13-11-18(12-14-28)25-23(30)26-19-8-6-7-17(24)15-19/h4-10,15-16,18H,11-14H2,1-3H3,(H2,25,26,30). The average Bonchev–Trinajstić information content (AvgIpc) is 2.73. The number of para-hydroxylation sites is 1. The summed E-state index contributed by atoms with van der Waals surface area (Å²) < 4.78 is 0. The largest absolute Gasteiger partial charge is 0.371 e. The summed E-state index contributed by atoms with van der Waals surface area (Å²) in [6.07, 6.45) is 1.62. The third-order valence-corrected chi connectivity index (χ3v) is 5.72. The smallest absolute Gasteiger partial charge is 0.319 e. The summed E-state index contributed by atoms with van der Waals surface area (Å²) in [6, 6.07) is 14.8. The van der Waals surface area contributed by atoms with Crippen LogP contribution in [0.25, 0.3) is 0 Å². The molecule has 0 radical (unpaired) electrons. The molecule has 0 spiro atoms. The molecule has 7 heteroatoms. The van der Waals surface area contributed by atoms with Gasteiger partial charge in [-0.15, -0.1) is 0 Å². The number of carbonyl (C=O) groups is 2. The highest BCUT2D eigenvalue weighted by Crippen LogP contribution is 2.26. The van der Waals surface area contributed by atoms with Crippen molar-refractivity contribution in [2.45, 2.75) is 38.8 Å². The van der Waals surface area contributed by atoms with Crippen molar-refractivity contribution in [2.75, 3.05) is 30.4 Å². The SMILES string of the molecule is CC(C)N(C)C(=O)c1ccccc1N1CCC(NC(=O)Nc2cccc(Cl)c2)CC1. The van der Waals surface area contributed by atoms with E-state index in [0.717, 1.165) is 37.2 Å². The Bertz CT molecular complexity index is 894. The van der Waals surface area contributed by atoms with Gasteiger partial charge in [-0.25, -0.2) is 4.79 Å². The summed E-state index contributed by atoms with van der Waals surface area (Å²) in [7, 11) is 1.83. The molecule has 1 fully saturated rings. The van der Waals surface area contributed by atoms with Crippen LogP contribution in [0.2, 0.25) is 5.02 Å². The van der Waals surface area contributed by atoms with Gasteiger partial charge in [0.15, 0.2) is 0 Å². The first-order valence-electron chi connectivity index (χ1n) is 10.3. The zero-order chi connectivity index (χ0) is 21.7. The lowest BCUT2D eigenvalue weighted by Crippen LogP contribution is -2.46. The summed E-state index contributed by atoms with van der Waals surface area (Å²) in [5, 5.41) is 6.44. The van der Waals surface area contributed by atoms with Crippen LogP contribution in [0.3, 0.4) is 0 Å². The van der Waals surface area contributed by atoms with E-state index in [2.05, 4.69) is 15.5 Å². The molecule has 1 heterocycles. The molecule has 2 N–H and O–H groups in total. The minimum Gasteiger partial charge on any atom is -0.371 e. The van der Waals surface area contributed by atoms with Gasteiger partial charge in [0.2, 0.25) is 0 Å². The second-order valence-corrected chi connectivity index (χ2v) is 8.33. The molecule has 3 rings (SSSR count). The van der Waals surface area contributed by atoms with Gasteiger partial charge in [-0.05, 0) is 57.0 Å². The van der Waals surface area contributed by atoms with Gasteiger partial charge < -0.3 is 20.4 Å². The number of piperidine rings is 1. The van der Waals surface area contributed by atoms with Crippen molar-refractivity contribution in [1.82, 2.24) is 10.2 Å². The number of halogens is 1. The lowest BCUT2D eigenvalue weighted by atomic mass is 10.0. The molecule has 1 aliphatic rings. The maximum Gasteiger partial charge on any atom is 0.319 e. The fourth-order valence-corrected chi connectivity index (χ4v) is 3.73. The molecule has 0 bridgehead atoms. The van der Waals surface area contributed by atoms with E-state index in [-0.39, 0.29) is 24.0 Å². The minimum absolute atomic E-state index is 0.0294. The predicted octanol–water partition coefficient (Wildman–Crippen LogP) is 4.61. The van der Waals surface area contributed by atoms with Gasteiger partial charge in [0, 0.05) is 48.6 Å². The lowest BCUT2D eigenvalue weighted by Gasteiger charge is -2.35. The average molecular weight is 429 g/mol. The Kier molecular flexibility index (Phi) is 7.21. The van der Waals surface area contributed by atoms with Crippen molar-refractivity contribution in [1.29, 1.82) is 0 Å². The molecule has 0 saturated carbocycles. The molecule has 6 nitrogen and oxygen atoms in total. The topological polar surface area (TPSA) is 64.7 Å². The summed E-state index contributed by atoms with van der Waals surface area (Å²) in [6.45, 7) is 5.56. The molecule has 3 amide bonds. The van der Waals surface area contributed by atoms with Crippen molar-refractivity contribution < 1.29 is 9.59 Å². The second kappa shape index (κ2) is 9.85. The minimum atomic E-state index is -0.232. The number of nitrogens with zero attached hydrogens (tertiary/aromatic N) is 2. The molecule has 0 unspecified atom stereocenters. The van der Waals surface area contributed by atoms with Crippen molar-refractivity contribution in [2.24, 2.45) is 0 Å². The summed E-state index contributed by atoms with van der Waals surface area (Å²) in [4.78, 5) is 29.2. The normalized spacial score (nSPS) is 14.5. The molecular formula is C23H29ClN4O2. The number of urea groups is 1. The second-order valence-electron chi connectivity index (χ2n) is 7.90. The van der Waals surface area contributed by atoms with Crippen molar-refractivity contribution in [3.05, 3.63) is 59.1 Å². The quantitative estimate of drug-likeness (QED) is 0.730. The Balaban J connectivity index is 1.58. The van der Waals surface area contributed by atoms with E-state index in [4.69, 9.17) is 11.6 Å².